The first-order valence-electron chi connectivity index (χ1n) is 5.74. The predicted octanol–water partition coefficient (Wildman–Crippen LogP) is 2.84. The Morgan fingerprint density at radius 3 is 2.61 bits per heavy atom. The summed E-state index contributed by atoms with van der Waals surface area (Å²) in [6.45, 7) is 2.11. The van der Waals surface area contributed by atoms with Crippen molar-refractivity contribution in [3.05, 3.63) is 47.7 Å². The fourth-order valence-corrected chi connectivity index (χ4v) is 1.61. The van der Waals surface area contributed by atoms with Gasteiger partial charge >= 0.3 is 0 Å². The molecule has 18 heavy (non-hydrogen) atoms. The van der Waals surface area contributed by atoms with E-state index in [1.165, 1.54) is 11.8 Å². The third kappa shape index (κ3) is 2.58. The molecule has 0 aliphatic rings. The highest BCUT2D eigenvalue weighted by Gasteiger charge is 2.02. The van der Waals surface area contributed by atoms with Gasteiger partial charge in [0.2, 0.25) is 0 Å². The fraction of sp³-hybridized carbons (Fsp3) is 0.143. The molecule has 0 aliphatic heterocycles. The second kappa shape index (κ2) is 5.19. The van der Waals surface area contributed by atoms with Crippen LogP contribution in [-0.2, 0) is 6.42 Å². The predicted molar refractivity (Wildman–Crippen MR) is 72.5 cm³/mol. The number of hydrogen-bond acceptors (Lipinski definition) is 4. The van der Waals surface area contributed by atoms with Crippen LogP contribution in [0.25, 0.3) is 0 Å². The van der Waals surface area contributed by atoms with Crippen LogP contribution in [0.15, 0.2) is 36.5 Å². The topological polar surface area (TPSA) is 74.7 Å². The van der Waals surface area contributed by atoms with Crippen LogP contribution in [0.3, 0.4) is 0 Å². The number of aryl methyl sites for hydroxylation is 1. The van der Waals surface area contributed by atoms with E-state index in [1.807, 2.05) is 18.2 Å². The van der Waals surface area contributed by atoms with Gasteiger partial charge in [-0.1, -0.05) is 19.1 Å². The molecule has 3 N–H and O–H groups in total. The highest BCUT2D eigenvalue weighted by atomic mass is 15.0. The molecule has 2 aromatic rings. The van der Waals surface area contributed by atoms with Crippen LogP contribution >= 0.6 is 0 Å². The first-order valence-corrected chi connectivity index (χ1v) is 5.74. The Labute approximate surface area is 106 Å². The van der Waals surface area contributed by atoms with Crippen molar-refractivity contribution in [1.29, 1.82) is 5.26 Å². The lowest BCUT2D eigenvalue weighted by Gasteiger charge is -2.08. The van der Waals surface area contributed by atoms with E-state index in [9.17, 15) is 0 Å². The average molecular weight is 238 g/mol. The minimum Gasteiger partial charge on any atom is -0.396 e. The molecule has 0 unspecified atom stereocenters. The van der Waals surface area contributed by atoms with Gasteiger partial charge in [0.05, 0.1) is 11.3 Å². The summed E-state index contributed by atoms with van der Waals surface area (Å²) in [5.74, 6) is 0.568. The first-order chi connectivity index (χ1) is 8.72. The molecule has 0 atom stereocenters. The van der Waals surface area contributed by atoms with Crippen molar-refractivity contribution in [2.75, 3.05) is 11.1 Å². The molecule has 1 aromatic heterocycles. The van der Waals surface area contributed by atoms with Crippen LogP contribution in [0.1, 0.15) is 18.1 Å². The normalized spacial score (nSPS) is 9.78. The van der Waals surface area contributed by atoms with Gasteiger partial charge in [0.25, 0.3) is 0 Å². The summed E-state index contributed by atoms with van der Waals surface area (Å²) in [4.78, 5) is 4.13. The number of rotatable bonds is 3. The summed E-state index contributed by atoms with van der Waals surface area (Å²) < 4.78 is 0. The van der Waals surface area contributed by atoms with E-state index in [2.05, 4.69) is 29.4 Å². The summed E-state index contributed by atoms with van der Waals surface area (Å²) >= 11 is 0. The van der Waals surface area contributed by atoms with Gasteiger partial charge in [0, 0.05) is 11.9 Å². The molecule has 4 heteroatoms. The zero-order valence-corrected chi connectivity index (χ0v) is 10.1. The van der Waals surface area contributed by atoms with E-state index in [-0.39, 0.29) is 0 Å². The summed E-state index contributed by atoms with van der Waals surface area (Å²) in [5, 5.41) is 11.9. The van der Waals surface area contributed by atoms with Crippen LogP contribution in [0, 0.1) is 11.3 Å². The first kappa shape index (κ1) is 11.9. The van der Waals surface area contributed by atoms with E-state index in [0.29, 0.717) is 17.1 Å². The van der Waals surface area contributed by atoms with Gasteiger partial charge in [0.1, 0.15) is 6.07 Å². The Morgan fingerprint density at radius 2 is 2.06 bits per heavy atom. The quantitative estimate of drug-likeness (QED) is 0.862. The third-order valence-electron chi connectivity index (χ3n) is 2.67. The molecule has 0 radical (unpaired) electrons. The lowest BCUT2D eigenvalue weighted by molar-refractivity contribution is 1.14. The standard InChI is InChI=1S/C14H14N4/c1-2-10-3-5-12(6-4-10)18-14-13(16)7-11(8-15)9-17-14/h3-7,9H,2,16H2,1H3,(H,17,18). The van der Waals surface area contributed by atoms with Gasteiger partial charge in [-0.3, -0.25) is 0 Å². The molecular weight excluding hydrogens is 224 g/mol. The molecule has 90 valence electrons. The number of aromatic nitrogens is 1. The largest absolute Gasteiger partial charge is 0.396 e. The van der Waals surface area contributed by atoms with Crippen molar-refractivity contribution < 1.29 is 0 Å². The van der Waals surface area contributed by atoms with Crippen molar-refractivity contribution in [1.82, 2.24) is 4.98 Å². The zero-order valence-electron chi connectivity index (χ0n) is 10.1. The van der Waals surface area contributed by atoms with Crippen LogP contribution in [0.5, 0.6) is 0 Å². The molecule has 2 rings (SSSR count). The number of nitrogens with two attached hydrogens (primary N) is 1. The summed E-state index contributed by atoms with van der Waals surface area (Å²) in [6.07, 6.45) is 2.51. The minimum atomic E-state index is 0.458. The number of nitrogens with zero attached hydrogens (tertiary/aromatic N) is 2. The van der Waals surface area contributed by atoms with Crippen LogP contribution in [-0.4, -0.2) is 4.98 Å². The van der Waals surface area contributed by atoms with Gasteiger partial charge in [-0.25, -0.2) is 4.98 Å². The maximum absolute atomic E-state index is 8.73. The molecule has 0 saturated heterocycles. The summed E-state index contributed by atoms with van der Waals surface area (Å²) in [6, 6.07) is 11.7. The lowest BCUT2D eigenvalue weighted by Crippen LogP contribution is -1.99. The van der Waals surface area contributed by atoms with Crippen LogP contribution in [0.4, 0.5) is 17.2 Å². The molecule has 1 aromatic carbocycles. The van der Waals surface area contributed by atoms with E-state index in [4.69, 9.17) is 11.0 Å². The lowest BCUT2D eigenvalue weighted by atomic mass is 10.1. The SMILES string of the molecule is CCc1ccc(Nc2ncc(C#N)cc2N)cc1. The molecule has 0 bridgehead atoms. The van der Waals surface area contributed by atoms with Gasteiger partial charge in [-0.2, -0.15) is 5.26 Å². The van der Waals surface area contributed by atoms with Crippen molar-refractivity contribution in [2.24, 2.45) is 0 Å². The van der Waals surface area contributed by atoms with E-state index < -0.39 is 0 Å². The minimum absolute atomic E-state index is 0.458. The molecule has 4 nitrogen and oxygen atoms in total. The number of anilines is 3. The molecule has 0 spiro atoms. The second-order valence-corrected chi connectivity index (χ2v) is 3.95. The van der Waals surface area contributed by atoms with Gasteiger partial charge in [-0.15, -0.1) is 0 Å². The highest BCUT2D eigenvalue weighted by molar-refractivity contribution is 5.69. The molecule has 0 saturated carbocycles. The van der Waals surface area contributed by atoms with Crippen molar-refractivity contribution in [3.63, 3.8) is 0 Å². The maximum atomic E-state index is 8.73. The number of nitriles is 1. The second-order valence-electron chi connectivity index (χ2n) is 3.95. The van der Waals surface area contributed by atoms with Gasteiger partial charge in [0.15, 0.2) is 5.82 Å². The number of benzene rings is 1. The number of hydrogen-bond donors (Lipinski definition) is 2. The van der Waals surface area contributed by atoms with E-state index in [0.717, 1.165) is 12.1 Å². The Balaban J connectivity index is 2.20. The Bertz CT molecular complexity index is 582. The summed E-state index contributed by atoms with van der Waals surface area (Å²) in [5.41, 5.74) is 8.95. The smallest absolute Gasteiger partial charge is 0.153 e. The third-order valence-corrected chi connectivity index (χ3v) is 2.67. The zero-order chi connectivity index (χ0) is 13.0. The van der Waals surface area contributed by atoms with Crippen LogP contribution < -0.4 is 11.1 Å². The molecule has 1 heterocycles. The Hall–Kier alpha value is -2.54. The molecule has 0 amide bonds. The van der Waals surface area contributed by atoms with Gasteiger partial charge in [-0.05, 0) is 30.2 Å². The Morgan fingerprint density at radius 1 is 1.33 bits per heavy atom. The summed E-state index contributed by atoms with van der Waals surface area (Å²) in [7, 11) is 0. The van der Waals surface area contributed by atoms with E-state index >= 15 is 0 Å². The average Bonchev–Trinajstić information content (AvgIpc) is 2.42. The maximum Gasteiger partial charge on any atom is 0.153 e. The molecule has 0 aliphatic carbocycles. The van der Waals surface area contributed by atoms with Crippen molar-refractivity contribution in [2.45, 2.75) is 13.3 Å². The fourth-order valence-electron chi connectivity index (χ4n) is 1.61. The molecular formula is C14H14N4. The number of nitrogens with one attached hydrogen (secondary N) is 1. The number of pyridine rings is 1. The van der Waals surface area contributed by atoms with Crippen molar-refractivity contribution in [3.8, 4) is 6.07 Å². The molecule has 0 fully saturated rings. The van der Waals surface area contributed by atoms with Crippen molar-refractivity contribution >= 4 is 17.2 Å². The number of nitrogen functional groups attached to an aromatic ring is 1. The monoisotopic (exact) mass is 238 g/mol. The van der Waals surface area contributed by atoms with Gasteiger partial charge < -0.3 is 11.1 Å². The van der Waals surface area contributed by atoms with Crippen LogP contribution in [0.2, 0.25) is 0 Å². The highest BCUT2D eigenvalue weighted by Crippen LogP contribution is 2.21. The van der Waals surface area contributed by atoms with E-state index in [1.54, 1.807) is 6.07 Å². The Kier molecular flexibility index (Phi) is 3.44.